The third-order valence-electron chi connectivity index (χ3n) is 6.76. The van der Waals surface area contributed by atoms with Gasteiger partial charge in [0.15, 0.2) is 5.78 Å². The van der Waals surface area contributed by atoms with E-state index in [2.05, 4.69) is 51.0 Å². The van der Waals surface area contributed by atoms with E-state index in [1.807, 2.05) is 0 Å². The van der Waals surface area contributed by atoms with Crippen LogP contribution in [0.25, 0.3) is 0 Å². The number of Topliss-reactive ketones (excluding diaryl/α,β-unsaturated/α-hetero) is 1. The molecule has 1 amide bonds. The molecule has 2 aromatic rings. The third-order valence-corrected chi connectivity index (χ3v) is 6.76. The number of carbonyl (C=O) groups excluding carboxylic acids is 2. The molecular formula is C23H25N5O3. The van der Waals surface area contributed by atoms with Crippen LogP contribution in [0.4, 0.5) is 5.82 Å². The number of hydrogen-bond acceptors (Lipinski definition) is 6. The molecule has 160 valence electrons. The molecule has 1 aromatic carbocycles. The molecule has 5 rings (SSSR count). The number of rotatable bonds is 4. The lowest BCUT2D eigenvalue weighted by molar-refractivity contribution is -0.130. The Hall–Kier alpha value is -3.26. The summed E-state index contributed by atoms with van der Waals surface area (Å²) in [7, 11) is 0. The van der Waals surface area contributed by atoms with Gasteiger partial charge in [0.2, 0.25) is 5.91 Å². The monoisotopic (exact) mass is 419 g/mol. The first-order valence-corrected chi connectivity index (χ1v) is 10.6. The fourth-order valence-corrected chi connectivity index (χ4v) is 5.13. The molecule has 1 saturated heterocycles. The van der Waals surface area contributed by atoms with Crippen molar-refractivity contribution in [2.75, 3.05) is 11.9 Å². The Labute approximate surface area is 180 Å². The first-order valence-electron chi connectivity index (χ1n) is 10.6. The number of hydrogen-bond donors (Lipinski definition) is 2. The molecule has 0 bridgehead atoms. The van der Waals surface area contributed by atoms with Gasteiger partial charge in [0.05, 0.1) is 6.04 Å². The molecule has 0 spiro atoms. The topological polar surface area (TPSA) is 98.4 Å². The van der Waals surface area contributed by atoms with E-state index in [9.17, 15) is 14.4 Å². The molecule has 1 aliphatic carbocycles. The van der Waals surface area contributed by atoms with Gasteiger partial charge in [0, 0.05) is 36.9 Å². The second-order valence-electron chi connectivity index (χ2n) is 8.48. The Kier molecular flexibility index (Phi) is 4.74. The van der Waals surface area contributed by atoms with Crippen molar-refractivity contribution in [1.29, 1.82) is 0 Å². The lowest BCUT2D eigenvalue weighted by atomic mass is 10.1. The van der Waals surface area contributed by atoms with Crippen LogP contribution in [-0.2, 0) is 29.1 Å². The molecular weight excluding hydrogens is 394 g/mol. The van der Waals surface area contributed by atoms with E-state index in [1.165, 1.54) is 22.1 Å². The van der Waals surface area contributed by atoms with Gasteiger partial charge in [-0.05, 0) is 37.0 Å². The highest BCUT2D eigenvalue weighted by Crippen LogP contribution is 2.40. The predicted molar refractivity (Wildman–Crippen MR) is 115 cm³/mol. The Morgan fingerprint density at radius 2 is 2.10 bits per heavy atom. The molecule has 3 atom stereocenters. The van der Waals surface area contributed by atoms with Crippen molar-refractivity contribution < 1.29 is 9.59 Å². The van der Waals surface area contributed by atoms with Gasteiger partial charge >= 0.3 is 5.69 Å². The van der Waals surface area contributed by atoms with Gasteiger partial charge < -0.3 is 15.2 Å². The summed E-state index contributed by atoms with van der Waals surface area (Å²) in [6, 6.07) is 7.67. The summed E-state index contributed by atoms with van der Waals surface area (Å²) in [5.41, 5.74) is 4.04. The summed E-state index contributed by atoms with van der Waals surface area (Å²) in [5, 5.41) is 3.17. The second kappa shape index (κ2) is 7.46. The van der Waals surface area contributed by atoms with Crippen molar-refractivity contribution in [3.05, 3.63) is 69.8 Å². The third kappa shape index (κ3) is 3.27. The van der Waals surface area contributed by atoms with Crippen LogP contribution in [-0.4, -0.2) is 50.1 Å². The van der Waals surface area contributed by atoms with Gasteiger partial charge in [-0.25, -0.2) is 4.79 Å². The maximum absolute atomic E-state index is 12.7. The number of amides is 1. The smallest absolute Gasteiger partial charge is 0.347 e. The number of benzene rings is 1. The fourth-order valence-electron chi connectivity index (χ4n) is 5.13. The molecule has 3 heterocycles. The SMILES string of the molecule is C=CC(=O)N1CC(Nc2nc(=O)[nH]c3c2CN(C2CCc4ccccc42)C3)C(=O)C1C. The maximum Gasteiger partial charge on any atom is 0.347 e. The van der Waals surface area contributed by atoms with Crippen LogP contribution in [0, 0.1) is 0 Å². The highest BCUT2D eigenvalue weighted by Gasteiger charge is 2.41. The van der Waals surface area contributed by atoms with Gasteiger partial charge in [-0.1, -0.05) is 30.8 Å². The minimum Gasteiger partial charge on any atom is -0.358 e. The average molecular weight is 419 g/mol. The summed E-state index contributed by atoms with van der Waals surface area (Å²) < 4.78 is 0. The van der Waals surface area contributed by atoms with Crippen LogP contribution in [0.1, 0.15) is 41.8 Å². The zero-order chi connectivity index (χ0) is 21.7. The highest BCUT2D eigenvalue weighted by atomic mass is 16.2. The van der Waals surface area contributed by atoms with Crippen LogP contribution >= 0.6 is 0 Å². The van der Waals surface area contributed by atoms with Gasteiger partial charge in [0.1, 0.15) is 11.9 Å². The molecule has 8 heteroatoms. The number of nitrogens with zero attached hydrogens (tertiary/aromatic N) is 3. The number of fused-ring (bicyclic) bond motifs is 2. The quantitative estimate of drug-likeness (QED) is 0.730. The fraction of sp³-hybridized carbons (Fsp3) is 0.391. The zero-order valence-corrected chi connectivity index (χ0v) is 17.4. The second-order valence-corrected chi connectivity index (χ2v) is 8.48. The van der Waals surface area contributed by atoms with Crippen molar-refractivity contribution in [2.45, 2.75) is 51.0 Å². The normalized spacial score (nSPS) is 24.9. The van der Waals surface area contributed by atoms with E-state index in [1.54, 1.807) is 6.92 Å². The van der Waals surface area contributed by atoms with E-state index in [0.29, 0.717) is 24.9 Å². The largest absolute Gasteiger partial charge is 0.358 e. The molecule has 3 unspecified atom stereocenters. The maximum atomic E-state index is 12.7. The van der Waals surface area contributed by atoms with Crippen LogP contribution in [0.2, 0.25) is 0 Å². The molecule has 2 N–H and O–H groups in total. The summed E-state index contributed by atoms with van der Waals surface area (Å²) in [5.74, 6) is 0.0666. The number of ketones is 1. The zero-order valence-electron chi connectivity index (χ0n) is 17.4. The average Bonchev–Trinajstić information content (AvgIpc) is 3.45. The van der Waals surface area contributed by atoms with Crippen LogP contribution < -0.4 is 11.0 Å². The minimum absolute atomic E-state index is 0.0920. The number of aromatic amines is 1. The standard InChI is InChI=1S/C23H25N5O3/c1-3-20(29)28-12-18(21(30)13(28)2)24-22-16-10-27(11-17(16)25-23(31)26-22)19-9-8-14-6-4-5-7-15(14)19/h3-7,13,18-19H,1,8-12H2,2H3,(H2,24,25,26,31). The molecule has 0 radical (unpaired) electrons. The molecule has 1 fully saturated rings. The molecule has 3 aliphatic rings. The number of aromatic nitrogens is 2. The summed E-state index contributed by atoms with van der Waals surface area (Å²) in [6.07, 6.45) is 3.31. The Bertz CT molecular complexity index is 1140. The lowest BCUT2D eigenvalue weighted by Gasteiger charge is -2.24. The highest BCUT2D eigenvalue weighted by molar-refractivity contribution is 6.00. The predicted octanol–water partition coefficient (Wildman–Crippen LogP) is 1.54. The van der Waals surface area contributed by atoms with Crippen molar-refractivity contribution in [3.63, 3.8) is 0 Å². The molecule has 1 aromatic heterocycles. The van der Waals surface area contributed by atoms with E-state index < -0.39 is 17.8 Å². The summed E-state index contributed by atoms with van der Waals surface area (Å²) in [6.45, 7) is 6.73. The summed E-state index contributed by atoms with van der Waals surface area (Å²) >= 11 is 0. The van der Waals surface area contributed by atoms with Gasteiger partial charge in [-0.3, -0.25) is 14.5 Å². The van der Waals surface area contributed by atoms with E-state index in [0.717, 1.165) is 24.1 Å². The number of likely N-dealkylation sites (tertiary alicyclic amines) is 1. The lowest BCUT2D eigenvalue weighted by Crippen LogP contribution is -2.34. The van der Waals surface area contributed by atoms with Gasteiger partial charge in [-0.15, -0.1) is 0 Å². The van der Waals surface area contributed by atoms with E-state index >= 15 is 0 Å². The van der Waals surface area contributed by atoms with Crippen LogP contribution in [0.15, 0.2) is 41.7 Å². The first-order chi connectivity index (χ1) is 15.0. The number of carbonyl (C=O) groups is 2. The van der Waals surface area contributed by atoms with Gasteiger partial charge in [0.25, 0.3) is 0 Å². The molecule has 0 saturated carbocycles. The van der Waals surface area contributed by atoms with Crippen LogP contribution in [0.5, 0.6) is 0 Å². The molecule has 31 heavy (non-hydrogen) atoms. The number of aryl methyl sites for hydroxylation is 1. The van der Waals surface area contributed by atoms with Gasteiger partial charge in [-0.2, -0.15) is 4.98 Å². The van der Waals surface area contributed by atoms with E-state index in [-0.39, 0.29) is 18.2 Å². The van der Waals surface area contributed by atoms with Crippen molar-refractivity contribution >= 4 is 17.5 Å². The first kappa shape index (κ1) is 19.7. The van der Waals surface area contributed by atoms with Crippen molar-refractivity contribution in [3.8, 4) is 0 Å². The minimum atomic E-state index is -0.599. The Balaban J connectivity index is 1.39. The van der Waals surface area contributed by atoms with Crippen molar-refractivity contribution in [1.82, 2.24) is 19.8 Å². The van der Waals surface area contributed by atoms with Crippen LogP contribution in [0.3, 0.4) is 0 Å². The van der Waals surface area contributed by atoms with Crippen molar-refractivity contribution in [2.24, 2.45) is 0 Å². The number of nitrogens with one attached hydrogen (secondary N) is 2. The number of H-pyrrole nitrogens is 1. The Morgan fingerprint density at radius 1 is 1.29 bits per heavy atom. The number of anilines is 1. The Morgan fingerprint density at radius 3 is 2.90 bits per heavy atom. The summed E-state index contributed by atoms with van der Waals surface area (Å²) in [4.78, 5) is 47.9. The molecule has 2 aliphatic heterocycles. The van der Waals surface area contributed by atoms with E-state index in [4.69, 9.17) is 0 Å². The molecule has 8 nitrogen and oxygen atoms in total.